The van der Waals surface area contributed by atoms with Crippen molar-refractivity contribution < 1.29 is 26.5 Å². The second-order valence-electron chi connectivity index (χ2n) is 7.75. The van der Waals surface area contributed by atoms with E-state index in [9.17, 15) is 21.8 Å². The molecule has 0 saturated heterocycles. The van der Waals surface area contributed by atoms with E-state index in [-0.39, 0.29) is 15.7 Å². The Balaban J connectivity index is 1.85. The Hall–Kier alpha value is -3.25. The fraction of sp³-hybridized carbons (Fsp3) is 0.238. The van der Waals surface area contributed by atoms with Gasteiger partial charge >= 0.3 is 0 Å². The molecule has 0 saturated carbocycles. The van der Waals surface area contributed by atoms with Crippen LogP contribution in [-0.4, -0.2) is 57.7 Å². The van der Waals surface area contributed by atoms with Crippen molar-refractivity contribution in [2.45, 2.75) is 28.4 Å². The average molecular weight is 495 g/mol. The van der Waals surface area contributed by atoms with Crippen LogP contribution in [0, 0.1) is 5.82 Å². The molecule has 0 aliphatic rings. The standard InChI is InChI=1S/C21H23FN4O5S2/c1-21(2,32(4,28)17-11-10-15(12-16(17)22)33(5,29)30)19(27)24-20-23-18(25-26-20)13-6-8-14(31-3)9-7-13/h6-12H,4H2,1-3,5H3,(H2,23,24,25,26,27). The Morgan fingerprint density at radius 2 is 1.76 bits per heavy atom. The number of rotatable bonds is 7. The molecule has 0 bridgehead atoms. The molecule has 0 aliphatic carbocycles. The molecule has 0 aliphatic heterocycles. The van der Waals surface area contributed by atoms with Crippen molar-refractivity contribution in [1.82, 2.24) is 15.2 Å². The topological polar surface area (TPSA) is 131 Å². The molecule has 9 nitrogen and oxygen atoms in total. The minimum Gasteiger partial charge on any atom is -0.497 e. The summed E-state index contributed by atoms with van der Waals surface area (Å²) in [6.45, 7) is 2.70. The van der Waals surface area contributed by atoms with Crippen LogP contribution in [0.3, 0.4) is 0 Å². The second kappa shape index (κ2) is 8.60. The van der Waals surface area contributed by atoms with E-state index in [2.05, 4.69) is 26.4 Å². The van der Waals surface area contributed by atoms with Crippen LogP contribution in [-0.2, 0) is 24.2 Å². The minimum absolute atomic E-state index is 0.00184. The summed E-state index contributed by atoms with van der Waals surface area (Å²) in [4.78, 5) is 15.2. The van der Waals surface area contributed by atoms with Gasteiger partial charge in [0.15, 0.2) is 15.7 Å². The molecular weight excluding hydrogens is 471 g/mol. The Morgan fingerprint density at radius 1 is 1.12 bits per heavy atom. The predicted molar refractivity (Wildman–Crippen MR) is 124 cm³/mol. The van der Waals surface area contributed by atoms with Crippen molar-refractivity contribution in [2.75, 3.05) is 18.7 Å². The molecule has 0 fully saturated rings. The zero-order chi connectivity index (χ0) is 24.6. The largest absolute Gasteiger partial charge is 0.497 e. The number of halogens is 1. The maximum Gasteiger partial charge on any atom is 0.244 e. The second-order valence-corrected chi connectivity index (χ2v) is 12.6. The smallest absolute Gasteiger partial charge is 0.244 e. The fourth-order valence-corrected chi connectivity index (χ4v) is 5.05. The number of nitrogens with one attached hydrogen (secondary N) is 2. The molecule has 12 heteroatoms. The van der Waals surface area contributed by atoms with Crippen molar-refractivity contribution in [3.05, 3.63) is 48.3 Å². The van der Waals surface area contributed by atoms with Gasteiger partial charge in [-0.1, -0.05) is 0 Å². The maximum atomic E-state index is 14.7. The van der Waals surface area contributed by atoms with Crippen LogP contribution >= 0.6 is 0 Å². The zero-order valence-corrected chi connectivity index (χ0v) is 20.0. The first-order valence-electron chi connectivity index (χ1n) is 9.52. The number of hydrogen-bond acceptors (Lipinski definition) is 7. The molecule has 1 heterocycles. The molecule has 1 amide bonds. The Kier molecular flexibility index (Phi) is 6.35. The third-order valence-corrected chi connectivity index (χ3v) is 9.13. The highest BCUT2D eigenvalue weighted by atomic mass is 32.2. The van der Waals surface area contributed by atoms with Crippen molar-refractivity contribution in [3.63, 3.8) is 0 Å². The number of carbonyl (C=O) groups excluding carboxylic acids is 1. The fourth-order valence-electron chi connectivity index (χ4n) is 2.86. The molecule has 2 aromatic carbocycles. The van der Waals surface area contributed by atoms with Gasteiger partial charge in [0.2, 0.25) is 11.9 Å². The maximum absolute atomic E-state index is 14.7. The molecule has 176 valence electrons. The summed E-state index contributed by atoms with van der Waals surface area (Å²) in [7, 11) is -5.68. The molecule has 33 heavy (non-hydrogen) atoms. The predicted octanol–water partition coefficient (Wildman–Crippen LogP) is 2.52. The third-order valence-electron chi connectivity index (χ3n) is 5.14. The quantitative estimate of drug-likeness (QED) is 0.483. The number of H-pyrrole nitrogens is 1. The minimum atomic E-state index is -3.66. The van der Waals surface area contributed by atoms with E-state index >= 15 is 0 Å². The Bertz CT molecular complexity index is 1410. The van der Waals surface area contributed by atoms with Crippen LogP contribution < -0.4 is 10.1 Å². The number of carbonyl (C=O) groups is 1. The highest BCUT2D eigenvalue weighted by molar-refractivity contribution is 8.02. The molecule has 1 unspecified atom stereocenters. The number of sulfone groups is 1. The summed E-state index contributed by atoms with van der Waals surface area (Å²) in [5.41, 5.74) is 0.692. The number of aromatic amines is 1. The Labute approximate surface area is 191 Å². The monoisotopic (exact) mass is 494 g/mol. The van der Waals surface area contributed by atoms with E-state index < -0.39 is 35.8 Å². The van der Waals surface area contributed by atoms with Crippen molar-refractivity contribution in [1.29, 1.82) is 0 Å². The summed E-state index contributed by atoms with van der Waals surface area (Å²) in [6, 6.07) is 9.94. The van der Waals surface area contributed by atoms with E-state index in [1.807, 2.05) is 0 Å². The number of methoxy groups -OCH3 is 1. The lowest BCUT2D eigenvalue weighted by atomic mass is 10.2. The molecule has 3 rings (SSSR count). The molecule has 2 N–H and O–H groups in total. The van der Waals surface area contributed by atoms with Gasteiger partial charge in [-0.05, 0) is 62.2 Å². The number of benzene rings is 2. The van der Waals surface area contributed by atoms with Gasteiger partial charge in [0.25, 0.3) is 0 Å². The van der Waals surface area contributed by atoms with Crippen LogP contribution in [0.5, 0.6) is 5.75 Å². The summed E-state index contributed by atoms with van der Waals surface area (Å²) < 4.78 is 54.9. The first-order valence-corrected chi connectivity index (χ1v) is 13.1. The van der Waals surface area contributed by atoms with Crippen LogP contribution in [0.15, 0.2) is 52.3 Å². The van der Waals surface area contributed by atoms with Crippen LogP contribution in [0.1, 0.15) is 13.8 Å². The zero-order valence-electron chi connectivity index (χ0n) is 18.4. The summed E-state index contributed by atoms with van der Waals surface area (Å²) in [5.74, 6) is 2.89. The van der Waals surface area contributed by atoms with Gasteiger partial charge < -0.3 is 9.72 Å². The van der Waals surface area contributed by atoms with Crippen LogP contribution in [0.25, 0.3) is 11.4 Å². The highest BCUT2D eigenvalue weighted by Crippen LogP contribution is 2.30. The number of anilines is 1. The highest BCUT2D eigenvalue weighted by Gasteiger charge is 2.40. The lowest BCUT2D eigenvalue weighted by Crippen LogP contribution is -2.44. The molecule has 1 atom stereocenters. The number of aromatic nitrogens is 3. The van der Waals surface area contributed by atoms with Crippen LogP contribution in [0.4, 0.5) is 10.3 Å². The lowest BCUT2D eigenvalue weighted by Gasteiger charge is -2.28. The van der Waals surface area contributed by atoms with Gasteiger partial charge in [0.1, 0.15) is 16.3 Å². The first kappa shape index (κ1) is 24.4. The van der Waals surface area contributed by atoms with Crippen molar-refractivity contribution in [3.8, 4) is 17.1 Å². The number of hydrogen-bond donors (Lipinski definition) is 2. The van der Waals surface area contributed by atoms with E-state index in [4.69, 9.17) is 4.74 Å². The van der Waals surface area contributed by atoms with Gasteiger partial charge in [-0.2, -0.15) is 0 Å². The van der Waals surface area contributed by atoms with Crippen molar-refractivity contribution >= 4 is 37.1 Å². The third kappa shape index (κ3) is 4.76. The number of ether oxygens (including phenoxy) is 1. The molecular formula is C21H23FN4O5S2. The van der Waals surface area contributed by atoms with E-state index in [0.717, 1.165) is 24.5 Å². The van der Waals surface area contributed by atoms with Gasteiger partial charge in [0, 0.05) is 21.3 Å². The van der Waals surface area contributed by atoms with Crippen LogP contribution in [0.2, 0.25) is 0 Å². The average Bonchev–Trinajstić information content (AvgIpc) is 3.21. The molecule has 0 radical (unpaired) electrons. The van der Waals surface area contributed by atoms with E-state index in [1.165, 1.54) is 13.8 Å². The van der Waals surface area contributed by atoms with Gasteiger partial charge in [-0.25, -0.2) is 12.8 Å². The lowest BCUT2D eigenvalue weighted by molar-refractivity contribution is -0.117. The number of amides is 1. The summed E-state index contributed by atoms with van der Waals surface area (Å²) in [6.07, 6.45) is 0.928. The van der Waals surface area contributed by atoms with Gasteiger partial charge in [-0.15, -0.1) is 10.2 Å². The molecule has 0 spiro atoms. The van der Waals surface area contributed by atoms with Gasteiger partial charge in [0.05, 0.1) is 16.9 Å². The molecule has 1 aromatic heterocycles. The van der Waals surface area contributed by atoms with Crippen molar-refractivity contribution in [2.24, 2.45) is 0 Å². The SMILES string of the molecule is C=S(=O)(c1ccc(S(C)(=O)=O)cc1F)C(C)(C)C(=O)Nc1nnc(-c2ccc(OC)cc2)[nH]1. The van der Waals surface area contributed by atoms with Gasteiger partial charge in [-0.3, -0.25) is 14.3 Å². The first-order chi connectivity index (χ1) is 15.3. The van der Waals surface area contributed by atoms with E-state index in [0.29, 0.717) is 17.1 Å². The van der Waals surface area contributed by atoms with E-state index in [1.54, 1.807) is 31.4 Å². The normalized spacial score (nSPS) is 13.8. The summed E-state index contributed by atoms with van der Waals surface area (Å²) in [5, 5.41) is 10.4. The number of nitrogens with zero attached hydrogens (tertiary/aromatic N) is 2. The summed E-state index contributed by atoms with van der Waals surface area (Å²) >= 11 is 0. The molecule has 3 aromatic rings. The Morgan fingerprint density at radius 3 is 2.30 bits per heavy atom.